The van der Waals surface area contributed by atoms with Gasteiger partial charge in [0.1, 0.15) is 6.61 Å². The number of aliphatic hydroxyl groups is 1. The van der Waals surface area contributed by atoms with Crippen molar-refractivity contribution in [2.75, 3.05) is 33.5 Å². The molecule has 0 bridgehead atoms. The molecule has 2 N–H and O–H groups in total. The molecule has 7 heteroatoms. The number of carbonyl (C=O) groups is 2. The van der Waals surface area contributed by atoms with Gasteiger partial charge < -0.3 is 24.4 Å². The first-order valence-electron chi connectivity index (χ1n) is 4.71. The second-order valence-electron chi connectivity index (χ2n) is 2.88. The van der Waals surface area contributed by atoms with E-state index in [9.17, 15) is 9.59 Å². The number of carboxylic acid groups (broad SMARTS) is 1. The van der Waals surface area contributed by atoms with Gasteiger partial charge in [-0.3, -0.25) is 4.79 Å². The fourth-order valence-corrected chi connectivity index (χ4v) is 0.763. The number of aliphatic carboxylic acids is 1. The summed E-state index contributed by atoms with van der Waals surface area (Å²) in [5, 5.41) is 17.1. The standard InChI is InChI=1S/C9H16O7/c1-14-2-3-15-4-5-16-8(11)6-7(10)9(12)13/h7,10H,2-6H2,1H3,(H,12,13)/t7-/m0/s1. The molecule has 0 radical (unpaired) electrons. The van der Waals surface area contributed by atoms with Crippen molar-refractivity contribution in [1.29, 1.82) is 0 Å². The van der Waals surface area contributed by atoms with Crippen LogP contribution in [0.2, 0.25) is 0 Å². The second kappa shape index (κ2) is 9.08. The highest BCUT2D eigenvalue weighted by atomic mass is 16.6. The minimum atomic E-state index is -1.72. The van der Waals surface area contributed by atoms with Crippen molar-refractivity contribution in [3.63, 3.8) is 0 Å². The van der Waals surface area contributed by atoms with Crippen molar-refractivity contribution in [3.8, 4) is 0 Å². The van der Waals surface area contributed by atoms with Crippen LogP contribution in [-0.2, 0) is 23.8 Å². The van der Waals surface area contributed by atoms with E-state index in [4.69, 9.17) is 19.7 Å². The van der Waals surface area contributed by atoms with E-state index in [0.29, 0.717) is 13.2 Å². The molecule has 0 aromatic carbocycles. The summed E-state index contributed by atoms with van der Waals surface area (Å²) in [6, 6.07) is 0. The van der Waals surface area contributed by atoms with Crippen molar-refractivity contribution in [2.24, 2.45) is 0 Å². The molecule has 16 heavy (non-hydrogen) atoms. The minimum Gasteiger partial charge on any atom is -0.479 e. The summed E-state index contributed by atoms with van der Waals surface area (Å²) < 4.78 is 14.3. The van der Waals surface area contributed by atoms with Crippen LogP contribution >= 0.6 is 0 Å². The Balaban J connectivity index is 3.40. The van der Waals surface area contributed by atoms with Gasteiger partial charge in [-0.25, -0.2) is 4.79 Å². The van der Waals surface area contributed by atoms with Gasteiger partial charge >= 0.3 is 11.9 Å². The third-order valence-corrected chi connectivity index (χ3v) is 1.57. The van der Waals surface area contributed by atoms with Crippen LogP contribution in [0.5, 0.6) is 0 Å². The number of carbonyl (C=O) groups excluding carboxylic acids is 1. The summed E-state index contributed by atoms with van der Waals surface area (Å²) in [7, 11) is 1.54. The lowest BCUT2D eigenvalue weighted by Gasteiger charge is -2.07. The number of esters is 1. The van der Waals surface area contributed by atoms with Gasteiger partial charge in [0.15, 0.2) is 6.10 Å². The fraction of sp³-hybridized carbons (Fsp3) is 0.778. The van der Waals surface area contributed by atoms with Crippen molar-refractivity contribution >= 4 is 11.9 Å². The van der Waals surface area contributed by atoms with Gasteiger partial charge in [0.2, 0.25) is 0 Å². The fourth-order valence-electron chi connectivity index (χ4n) is 0.763. The van der Waals surface area contributed by atoms with Crippen molar-refractivity contribution in [2.45, 2.75) is 12.5 Å². The van der Waals surface area contributed by atoms with Crippen LogP contribution in [0.4, 0.5) is 0 Å². The van der Waals surface area contributed by atoms with Gasteiger partial charge in [-0.2, -0.15) is 0 Å². The van der Waals surface area contributed by atoms with Crippen LogP contribution in [0.15, 0.2) is 0 Å². The SMILES string of the molecule is COCCOCCOC(=O)C[C@H](O)C(=O)O. The zero-order valence-corrected chi connectivity index (χ0v) is 9.05. The predicted octanol–water partition coefficient (Wildman–Crippen LogP) is -0.972. The Morgan fingerprint density at radius 2 is 1.81 bits per heavy atom. The van der Waals surface area contributed by atoms with Gasteiger partial charge in [-0.15, -0.1) is 0 Å². The molecular weight excluding hydrogens is 220 g/mol. The maximum atomic E-state index is 10.9. The maximum Gasteiger partial charge on any atom is 0.333 e. The Kier molecular flexibility index (Phi) is 8.41. The van der Waals surface area contributed by atoms with E-state index in [-0.39, 0.29) is 13.2 Å². The molecule has 0 aliphatic heterocycles. The number of hydrogen-bond donors (Lipinski definition) is 2. The Morgan fingerprint density at radius 3 is 2.38 bits per heavy atom. The smallest absolute Gasteiger partial charge is 0.333 e. The summed E-state index contributed by atoms with van der Waals surface area (Å²) in [6.07, 6.45) is -2.28. The van der Waals surface area contributed by atoms with Crippen LogP contribution in [0.25, 0.3) is 0 Å². The van der Waals surface area contributed by atoms with Gasteiger partial charge in [-0.1, -0.05) is 0 Å². The minimum absolute atomic E-state index is 0.0227. The molecule has 0 spiro atoms. The molecule has 0 aromatic rings. The average Bonchev–Trinajstić information content (AvgIpc) is 2.23. The summed E-state index contributed by atoms with van der Waals surface area (Å²) in [6.45, 7) is 1.07. The van der Waals surface area contributed by atoms with E-state index in [1.165, 1.54) is 7.11 Å². The molecule has 0 amide bonds. The summed E-state index contributed by atoms with van der Waals surface area (Å²) in [5.41, 5.74) is 0. The predicted molar refractivity (Wildman–Crippen MR) is 51.9 cm³/mol. The zero-order valence-electron chi connectivity index (χ0n) is 9.05. The topological polar surface area (TPSA) is 102 Å². The molecule has 0 aliphatic carbocycles. The van der Waals surface area contributed by atoms with Crippen LogP contribution in [0.3, 0.4) is 0 Å². The Morgan fingerprint density at radius 1 is 1.19 bits per heavy atom. The Hall–Kier alpha value is -1.18. The summed E-state index contributed by atoms with van der Waals surface area (Å²) in [4.78, 5) is 21.1. The molecule has 94 valence electrons. The third-order valence-electron chi connectivity index (χ3n) is 1.57. The first-order chi connectivity index (χ1) is 7.57. The molecule has 0 aromatic heterocycles. The number of rotatable bonds is 9. The van der Waals surface area contributed by atoms with Crippen LogP contribution < -0.4 is 0 Å². The number of methoxy groups -OCH3 is 1. The highest BCUT2D eigenvalue weighted by Gasteiger charge is 2.18. The normalized spacial score (nSPS) is 12.1. The molecular formula is C9H16O7. The highest BCUT2D eigenvalue weighted by molar-refractivity contribution is 5.80. The van der Waals surface area contributed by atoms with Gasteiger partial charge in [0.25, 0.3) is 0 Å². The number of hydrogen-bond acceptors (Lipinski definition) is 6. The molecule has 0 heterocycles. The summed E-state index contributed by atoms with van der Waals surface area (Å²) in [5.74, 6) is -2.22. The lowest BCUT2D eigenvalue weighted by molar-refractivity contribution is -0.156. The molecule has 0 rings (SSSR count). The van der Waals surface area contributed by atoms with Crippen LogP contribution in [-0.4, -0.2) is 61.8 Å². The molecule has 0 saturated carbocycles. The number of aliphatic hydroxyl groups excluding tert-OH is 1. The highest BCUT2D eigenvalue weighted by Crippen LogP contribution is 1.94. The van der Waals surface area contributed by atoms with E-state index in [1.54, 1.807) is 0 Å². The summed E-state index contributed by atoms with van der Waals surface area (Å²) >= 11 is 0. The maximum absolute atomic E-state index is 10.9. The molecule has 0 fully saturated rings. The average molecular weight is 236 g/mol. The van der Waals surface area contributed by atoms with E-state index in [0.717, 1.165) is 0 Å². The van der Waals surface area contributed by atoms with E-state index in [2.05, 4.69) is 4.74 Å². The lowest BCUT2D eigenvalue weighted by Crippen LogP contribution is -2.25. The molecule has 0 unspecified atom stereocenters. The first kappa shape index (κ1) is 14.8. The van der Waals surface area contributed by atoms with Crippen molar-refractivity contribution in [1.82, 2.24) is 0 Å². The number of carboxylic acids is 1. The zero-order chi connectivity index (χ0) is 12.4. The molecule has 0 saturated heterocycles. The number of ether oxygens (including phenoxy) is 3. The Labute approximate surface area is 92.9 Å². The Bertz CT molecular complexity index is 216. The molecule has 0 aliphatic rings. The molecule has 1 atom stereocenters. The molecule has 7 nitrogen and oxygen atoms in total. The van der Waals surface area contributed by atoms with E-state index < -0.39 is 24.5 Å². The van der Waals surface area contributed by atoms with Gasteiger partial charge in [-0.05, 0) is 0 Å². The largest absolute Gasteiger partial charge is 0.479 e. The van der Waals surface area contributed by atoms with Gasteiger partial charge in [0.05, 0.1) is 26.2 Å². The second-order valence-corrected chi connectivity index (χ2v) is 2.88. The van der Waals surface area contributed by atoms with Crippen molar-refractivity contribution in [3.05, 3.63) is 0 Å². The van der Waals surface area contributed by atoms with E-state index >= 15 is 0 Å². The van der Waals surface area contributed by atoms with Crippen LogP contribution in [0.1, 0.15) is 6.42 Å². The van der Waals surface area contributed by atoms with Crippen molar-refractivity contribution < 1.29 is 34.0 Å². The van der Waals surface area contributed by atoms with Gasteiger partial charge in [0, 0.05) is 7.11 Å². The van der Waals surface area contributed by atoms with E-state index in [1.807, 2.05) is 0 Å². The first-order valence-corrected chi connectivity index (χ1v) is 4.71. The monoisotopic (exact) mass is 236 g/mol. The van der Waals surface area contributed by atoms with Crippen LogP contribution in [0, 0.1) is 0 Å². The third kappa shape index (κ3) is 8.16. The lowest BCUT2D eigenvalue weighted by atomic mass is 10.2. The quantitative estimate of drug-likeness (QED) is 0.392.